The van der Waals surface area contributed by atoms with Crippen molar-refractivity contribution in [2.24, 2.45) is 5.10 Å². The fourth-order valence-electron chi connectivity index (χ4n) is 2.50. The number of nitrogens with zero attached hydrogens (tertiary/aromatic N) is 5. The molecule has 1 N–H and O–H groups in total. The molecule has 0 aliphatic rings. The van der Waals surface area contributed by atoms with E-state index in [9.17, 15) is 0 Å². The monoisotopic (exact) mass is 326 g/mol. The fraction of sp³-hybridized carbons (Fsp3) is 0.389. The second-order valence-corrected chi connectivity index (χ2v) is 5.65. The van der Waals surface area contributed by atoms with Crippen LogP contribution in [-0.2, 0) is 0 Å². The molecule has 6 nitrogen and oxygen atoms in total. The maximum atomic E-state index is 4.73. The Kier molecular flexibility index (Phi) is 5.73. The highest BCUT2D eigenvalue weighted by Crippen LogP contribution is 2.28. The zero-order valence-electron chi connectivity index (χ0n) is 15.2. The van der Waals surface area contributed by atoms with E-state index in [0.717, 1.165) is 36.0 Å². The third-order valence-corrected chi connectivity index (χ3v) is 3.95. The Balaban J connectivity index is 2.51. The van der Waals surface area contributed by atoms with Crippen LogP contribution >= 0.6 is 0 Å². The van der Waals surface area contributed by atoms with Gasteiger partial charge in [0.25, 0.3) is 0 Å². The van der Waals surface area contributed by atoms with Crippen molar-refractivity contribution in [3.63, 3.8) is 0 Å². The molecular formula is C18H26N6. The van der Waals surface area contributed by atoms with E-state index in [1.54, 1.807) is 5.01 Å². The van der Waals surface area contributed by atoms with Gasteiger partial charge in [0.1, 0.15) is 5.82 Å². The lowest BCUT2D eigenvalue weighted by molar-refractivity contribution is 0.814. The first-order chi connectivity index (χ1) is 11.5. The summed E-state index contributed by atoms with van der Waals surface area (Å²) < 4.78 is 0. The van der Waals surface area contributed by atoms with Gasteiger partial charge >= 0.3 is 0 Å². The minimum Gasteiger partial charge on any atom is -0.341 e. The van der Waals surface area contributed by atoms with Gasteiger partial charge in [0.05, 0.1) is 0 Å². The fourth-order valence-corrected chi connectivity index (χ4v) is 2.50. The topological polar surface area (TPSA) is 56.7 Å². The molecule has 0 fully saturated rings. The molecule has 2 rings (SSSR count). The van der Waals surface area contributed by atoms with Crippen molar-refractivity contribution >= 4 is 30.0 Å². The smallest absolute Gasteiger partial charge is 0.229 e. The van der Waals surface area contributed by atoms with Gasteiger partial charge in [0, 0.05) is 38.1 Å². The molecule has 2 aromatic rings. The number of aromatic nitrogens is 2. The van der Waals surface area contributed by atoms with Crippen molar-refractivity contribution in [2.75, 3.05) is 35.4 Å². The first-order valence-corrected chi connectivity index (χ1v) is 8.17. The lowest BCUT2D eigenvalue weighted by Gasteiger charge is -2.23. The van der Waals surface area contributed by atoms with Crippen LogP contribution in [0.25, 0.3) is 0 Å². The average molecular weight is 326 g/mol. The van der Waals surface area contributed by atoms with E-state index in [1.807, 2.05) is 26.1 Å². The van der Waals surface area contributed by atoms with Crippen LogP contribution < -0.4 is 15.2 Å². The van der Waals surface area contributed by atoms with E-state index >= 15 is 0 Å². The summed E-state index contributed by atoms with van der Waals surface area (Å²) in [5.41, 5.74) is 3.13. The SMILES string of the molecule is C=NN(C)c1nc(N(CC)CC)nc(Nc2cccc(C)c2)c1C. The van der Waals surface area contributed by atoms with Crippen molar-refractivity contribution < 1.29 is 0 Å². The van der Waals surface area contributed by atoms with Crippen LogP contribution in [0.4, 0.5) is 23.3 Å². The van der Waals surface area contributed by atoms with Gasteiger partial charge in [-0.25, -0.2) is 0 Å². The Morgan fingerprint density at radius 3 is 2.46 bits per heavy atom. The molecule has 0 atom stereocenters. The van der Waals surface area contributed by atoms with Gasteiger partial charge in [-0.3, -0.25) is 5.01 Å². The minimum atomic E-state index is 0.686. The van der Waals surface area contributed by atoms with Crippen LogP contribution in [0, 0.1) is 13.8 Å². The second-order valence-electron chi connectivity index (χ2n) is 5.65. The van der Waals surface area contributed by atoms with E-state index in [2.05, 4.69) is 59.9 Å². The Morgan fingerprint density at radius 1 is 1.17 bits per heavy atom. The standard InChI is InChI=1S/C18H26N6/c1-7-24(8-2)18-21-16(14(4)17(22-18)23(6)19-5)20-15-11-9-10-13(3)12-15/h9-12H,5,7-8H2,1-4,6H3,(H,20,21,22). The molecule has 0 aliphatic heterocycles. The number of hydrogen-bond donors (Lipinski definition) is 1. The summed E-state index contributed by atoms with van der Waals surface area (Å²) in [6.45, 7) is 13.5. The zero-order valence-corrected chi connectivity index (χ0v) is 15.2. The zero-order chi connectivity index (χ0) is 17.7. The highest BCUT2D eigenvalue weighted by atomic mass is 15.5. The summed E-state index contributed by atoms with van der Waals surface area (Å²) in [5, 5.41) is 9.06. The van der Waals surface area contributed by atoms with Gasteiger partial charge in [-0.15, -0.1) is 0 Å². The molecule has 0 spiro atoms. The number of nitrogens with one attached hydrogen (secondary N) is 1. The number of rotatable bonds is 7. The quantitative estimate of drug-likeness (QED) is 0.620. The number of anilines is 4. The first kappa shape index (κ1) is 17.7. The predicted octanol–water partition coefficient (Wildman–Crippen LogP) is 3.74. The molecule has 0 bridgehead atoms. The molecule has 0 unspecified atom stereocenters. The van der Waals surface area contributed by atoms with Crippen LogP contribution in [0.5, 0.6) is 0 Å². The predicted molar refractivity (Wildman–Crippen MR) is 103 cm³/mol. The summed E-state index contributed by atoms with van der Waals surface area (Å²) in [6, 6.07) is 8.21. The molecule has 128 valence electrons. The summed E-state index contributed by atoms with van der Waals surface area (Å²) in [4.78, 5) is 11.5. The Morgan fingerprint density at radius 2 is 1.88 bits per heavy atom. The number of hydrazone groups is 1. The van der Waals surface area contributed by atoms with Crippen LogP contribution in [0.2, 0.25) is 0 Å². The van der Waals surface area contributed by atoms with Crippen molar-refractivity contribution in [3.05, 3.63) is 35.4 Å². The first-order valence-electron chi connectivity index (χ1n) is 8.17. The number of aryl methyl sites for hydroxylation is 1. The third kappa shape index (κ3) is 3.82. The molecule has 0 aliphatic carbocycles. The van der Waals surface area contributed by atoms with Gasteiger partial charge in [-0.2, -0.15) is 15.1 Å². The Labute approximate surface area is 144 Å². The third-order valence-electron chi connectivity index (χ3n) is 3.95. The summed E-state index contributed by atoms with van der Waals surface area (Å²) in [5.74, 6) is 2.21. The van der Waals surface area contributed by atoms with Gasteiger partial charge < -0.3 is 10.2 Å². The lowest BCUT2D eigenvalue weighted by atomic mass is 10.2. The maximum absolute atomic E-state index is 4.73. The van der Waals surface area contributed by atoms with Gasteiger partial charge in [0.2, 0.25) is 5.95 Å². The normalized spacial score (nSPS) is 10.4. The maximum Gasteiger partial charge on any atom is 0.229 e. The molecule has 0 radical (unpaired) electrons. The van der Waals surface area contributed by atoms with Crippen LogP contribution in [0.15, 0.2) is 29.4 Å². The molecule has 0 saturated carbocycles. The molecule has 6 heteroatoms. The van der Waals surface area contributed by atoms with Gasteiger partial charge in [-0.05, 0) is 45.4 Å². The summed E-state index contributed by atoms with van der Waals surface area (Å²) in [6.07, 6.45) is 0. The summed E-state index contributed by atoms with van der Waals surface area (Å²) in [7, 11) is 1.84. The van der Waals surface area contributed by atoms with Crippen molar-refractivity contribution in [1.82, 2.24) is 9.97 Å². The van der Waals surface area contributed by atoms with Crippen molar-refractivity contribution in [2.45, 2.75) is 27.7 Å². The number of hydrogen-bond acceptors (Lipinski definition) is 6. The molecule has 1 heterocycles. The van der Waals surface area contributed by atoms with Crippen LogP contribution in [0.1, 0.15) is 25.0 Å². The highest BCUT2D eigenvalue weighted by molar-refractivity contribution is 5.67. The molecule has 24 heavy (non-hydrogen) atoms. The lowest BCUT2D eigenvalue weighted by Crippen LogP contribution is -2.26. The van der Waals surface area contributed by atoms with Crippen LogP contribution in [-0.4, -0.2) is 36.8 Å². The molecule has 0 amide bonds. The second kappa shape index (κ2) is 7.77. The Bertz CT molecular complexity index is 709. The van der Waals surface area contributed by atoms with E-state index in [-0.39, 0.29) is 0 Å². The number of benzene rings is 1. The van der Waals surface area contributed by atoms with E-state index in [0.29, 0.717) is 5.95 Å². The molecule has 1 aromatic carbocycles. The molecular weight excluding hydrogens is 300 g/mol. The van der Waals surface area contributed by atoms with Gasteiger partial charge in [0.15, 0.2) is 5.82 Å². The molecule has 0 saturated heterocycles. The minimum absolute atomic E-state index is 0.686. The van der Waals surface area contributed by atoms with E-state index in [1.165, 1.54) is 5.56 Å². The van der Waals surface area contributed by atoms with E-state index in [4.69, 9.17) is 4.98 Å². The van der Waals surface area contributed by atoms with Gasteiger partial charge in [-0.1, -0.05) is 12.1 Å². The highest BCUT2D eigenvalue weighted by Gasteiger charge is 2.16. The van der Waals surface area contributed by atoms with Crippen molar-refractivity contribution in [3.8, 4) is 0 Å². The van der Waals surface area contributed by atoms with Crippen LogP contribution in [0.3, 0.4) is 0 Å². The van der Waals surface area contributed by atoms with E-state index < -0.39 is 0 Å². The Hall–Kier alpha value is -2.63. The summed E-state index contributed by atoms with van der Waals surface area (Å²) >= 11 is 0. The average Bonchev–Trinajstić information content (AvgIpc) is 2.57. The van der Waals surface area contributed by atoms with Crippen molar-refractivity contribution in [1.29, 1.82) is 0 Å². The molecule has 1 aromatic heterocycles. The largest absolute Gasteiger partial charge is 0.341 e.